The summed E-state index contributed by atoms with van der Waals surface area (Å²) in [5.74, 6) is -1.88. The van der Waals surface area contributed by atoms with Crippen molar-refractivity contribution in [3.05, 3.63) is 29.8 Å². The van der Waals surface area contributed by atoms with E-state index in [9.17, 15) is 14.4 Å². The number of ether oxygens (including phenoxy) is 1. The number of amides is 2. The zero-order valence-electron chi connectivity index (χ0n) is 15.1. The van der Waals surface area contributed by atoms with Crippen LogP contribution in [0.2, 0.25) is 0 Å². The van der Waals surface area contributed by atoms with Crippen LogP contribution < -0.4 is 10.6 Å². The highest BCUT2D eigenvalue weighted by molar-refractivity contribution is 6.02. The molecule has 0 aliphatic heterocycles. The number of aromatic nitrogens is 4. The molecule has 0 unspecified atom stereocenters. The molecular formula is C16H22N6O5. The van der Waals surface area contributed by atoms with Gasteiger partial charge in [-0.15, -0.1) is 0 Å². The SMILES string of the molecule is CCn1cc(NC(=O)CCn2ccc(C(=O)O)n2)c(C(=O)NCCOC)n1. The highest BCUT2D eigenvalue weighted by Gasteiger charge is 2.18. The van der Waals surface area contributed by atoms with E-state index in [1.54, 1.807) is 10.9 Å². The molecule has 0 fully saturated rings. The first-order valence-corrected chi connectivity index (χ1v) is 8.35. The van der Waals surface area contributed by atoms with E-state index in [1.807, 2.05) is 6.92 Å². The first-order chi connectivity index (χ1) is 12.9. The Bertz CT molecular complexity index is 812. The molecule has 0 saturated heterocycles. The van der Waals surface area contributed by atoms with Crippen LogP contribution in [0.15, 0.2) is 18.5 Å². The predicted octanol–water partition coefficient (Wildman–Crippen LogP) is 0.203. The summed E-state index contributed by atoms with van der Waals surface area (Å²) in [6, 6.07) is 1.36. The number of carboxylic acids is 1. The zero-order chi connectivity index (χ0) is 19.8. The Morgan fingerprint density at radius 1 is 1.26 bits per heavy atom. The number of nitrogens with one attached hydrogen (secondary N) is 2. The third-order valence-corrected chi connectivity index (χ3v) is 3.59. The van der Waals surface area contributed by atoms with Crippen LogP contribution >= 0.6 is 0 Å². The summed E-state index contributed by atoms with van der Waals surface area (Å²) in [4.78, 5) is 35.2. The van der Waals surface area contributed by atoms with Crippen LogP contribution in [0.5, 0.6) is 0 Å². The fourth-order valence-corrected chi connectivity index (χ4v) is 2.22. The summed E-state index contributed by atoms with van der Waals surface area (Å²) in [6.07, 6.45) is 3.13. The van der Waals surface area contributed by atoms with Crippen molar-refractivity contribution < 1.29 is 24.2 Å². The van der Waals surface area contributed by atoms with E-state index in [0.717, 1.165) is 0 Å². The number of rotatable bonds is 10. The molecule has 2 rings (SSSR count). The second kappa shape index (κ2) is 9.48. The second-order valence-corrected chi connectivity index (χ2v) is 5.56. The van der Waals surface area contributed by atoms with Crippen molar-refractivity contribution in [2.24, 2.45) is 0 Å². The molecule has 0 spiro atoms. The van der Waals surface area contributed by atoms with Crippen LogP contribution in [0.4, 0.5) is 5.69 Å². The van der Waals surface area contributed by atoms with Gasteiger partial charge in [-0.1, -0.05) is 0 Å². The Kier molecular flexibility index (Phi) is 7.06. The highest BCUT2D eigenvalue weighted by Crippen LogP contribution is 2.14. The number of carboxylic acid groups (broad SMARTS) is 1. The molecule has 146 valence electrons. The van der Waals surface area contributed by atoms with E-state index in [-0.39, 0.29) is 30.3 Å². The van der Waals surface area contributed by atoms with Gasteiger partial charge in [0.15, 0.2) is 11.4 Å². The smallest absolute Gasteiger partial charge is 0.356 e. The largest absolute Gasteiger partial charge is 0.476 e. The molecule has 2 aromatic rings. The molecule has 0 bridgehead atoms. The van der Waals surface area contributed by atoms with Crippen molar-refractivity contribution in [3.63, 3.8) is 0 Å². The fourth-order valence-electron chi connectivity index (χ4n) is 2.22. The molecule has 0 aliphatic rings. The summed E-state index contributed by atoms with van der Waals surface area (Å²) < 4.78 is 7.81. The summed E-state index contributed by atoms with van der Waals surface area (Å²) in [5, 5.41) is 22.2. The molecule has 0 radical (unpaired) electrons. The van der Waals surface area contributed by atoms with Gasteiger partial charge in [-0.3, -0.25) is 19.0 Å². The van der Waals surface area contributed by atoms with Gasteiger partial charge in [-0.2, -0.15) is 10.2 Å². The monoisotopic (exact) mass is 378 g/mol. The average molecular weight is 378 g/mol. The van der Waals surface area contributed by atoms with E-state index >= 15 is 0 Å². The van der Waals surface area contributed by atoms with Crippen molar-refractivity contribution in [2.45, 2.75) is 26.4 Å². The average Bonchev–Trinajstić information content (AvgIpc) is 3.27. The molecular weight excluding hydrogens is 356 g/mol. The first kappa shape index (κ1) is 20.1. The number of methoxy groups -OCH3 is 1. The second-order valence-electron chi connectivity index (χ2n) is 5.56. The lowest BCUT2D eigenvalue weighted by atomic mass is 10.3. The van der Waals surface area contributed by atoms with Gasteiger partial charge in [0.05, 0.1) is 12.3 Å². The van der Waals surface area contributed by atoms with E-state index in [1.165, 1.54) is 24.1 Å². The quantitative estimate of drug-likeness (QED) is 0.502. The van der Waals surface area contributed by atoms with Crippen LogP contribution in [0.3, 0.4) is 0 Å². The molecule has 11 heteroatoms. The molecule has 0 atom stereocenters. The molecule has 3 N–H and O–H groups in total. The molecule has 27 heavy (non-hydrogen) atoms. The fraction of sp³-hybridized carbons (Fsp3) is 0.438. The standard InChI is InChI=1S/C16H22N6O5/c1-3-21-10-12(14(20-21)15(24)17-6-9-27-2)18-13(23)5-8-22-7-4-11(19-22)16(25)26/h4,7,10H,3,5-6,8-9H2,1-2H3,(H,17,24)(H,18,23)(H,25,26). The zero-order valence-corrected chi connectivity index (χ0v) is 15.1. The van der Waals surface area contributed by atoms with Gasteiger partial charge in [0.1, 0.15) is 0 Å². The van der Waals surface area contributed by atoms with Gasteiger partial charge >= 0.3 is 5.97 Å². The maximum atomic E-state index is 12.2. The van der Waals surface area contributed by atoms with Crippen LogP contribution in [-0.2, 0) is 22.6 Å². The Hall–Kier alpha value is -3.21. The molecule has 2 amide bonds. The minimum absolute atomic E-state index is 0.0583. The number of hydrogen-bond acceptors (Lipinski definition) is 6. The van der Waals surface area contributed by atoms with Crippen molar-refractivity contribution in [1.82, 2.24) is 24.9 Å². The van der Waals surface area contributed by atoms with E-state index in [4.69, 9.17) is 9.84 Å². The third-order valence-electron chi connectivity index (χ3n) is 3.59. The number of nitrogens with zero attached hydrogens (tertiary/aromatic N) is 4. The first-order valence-electron chi connectivity index (χ1n) is 8.35. The van der Waals surface area contributed by atoms with Gasteiger partial charge in [-0.05, 0) is 13.0 Å². The Balaban J connectivity index is 1.97. The van der Waals surface area contributed by atoms with Gasteiger partial charge < -0.3 is 20.5 Å². The lowest BCUT2D eigenvalue weighted by Crippen LogP contribution is -2.28. The van der Waals surface area contributed by atoms with Crippen LogP contribution in [-0.4, -0.2) is 62.7 Å². The van der Waals surface area contributed by atoms with Crippen LogP contribution in [0, 0.1) is 0 Å². The summed E-state index contributed by atoms with van der Waals surface area (Å²) >= 11 is 0. The Labute approximate surface area is 155 Å². The van der Waals surface area contributed by atoms with E-state index in [0.29, 0.717) is 25.4 Å². The highest BCUT2D eigenvalue weighted by atomic mass is 16.5. The Morgan fingerprint density at radius 3 is 2.67 bits per heavy atom. The number of anilines is 1. The topological polar surface area (TPSA) is 140 Å². The van der Waals surface area contributed by atoms with Crippen LogP contribution in [0.25, 0.3) is 0 Å². The number of aromatic carboxylic acids is 1. The summed E-state index contributed by atoms with van der Waals surface area (Å²) in [6.45, 7) is 3.30. The maximum absolute atomic E-state index is 12.2. The van der Waals surface area contributed by atoms with Crippen molar-refractivity contribution in [1.29, 1.82) is 0 Å². The maximum Gasteiger partial charge on any atom is 0.356 e. The molecule has 0 saturated carbocycles. The molecule has 2 aromatic heterocycles. The Morgan fingerprint density at radius 2 is 2.04 bits per heavy atom. The number of hydrogen-bond donors (Lipinski definition) is 3. The lowest BCUT2D eigenvalue weighted by Gasteiger charge is -2.06. The van der Waals surface area contributed by atoms with Crippen molar-refractivity contribution in [3.8, 4) is 0 Å². The van der Waals surface area contributed by atoms with Gasteiger partial charge in [0.25, 0.3) is 5.91 Å². The summed E-state index contributed by atoms with van der Waals surface area (Å²) in [5.41, 5.74) is 0.339. The van der Waals surface area contributed by atoms with Gasteiger partial charge in [0, 0.05) is 45.6 Å². The van der Waals surface area contributed by atoms with Crippen molar-refractivity contribution in [2.75, 3.05) is 25.6 Å². The molecule has 2 heterocycles. The molecule has 0 aliphatic carbocycles. The lowest BCUT2D eigenvalue weighted by molar-refractivity contribution is -0.116. The normalized spacial score (nSPS) is 10.6. The van der Waals surface area contributed by atoms with E-state index < -0.39 is 11.9 Å². The third kappa shape index (κ3) is 5.64. The number of aryl methyl sites for hydroxylation is 2. The van der Waals surface area contributed by atoms with Gasteiger partial charge in [-0.25, -0.2) is 4.79 Å². The van der Waals surface area contributed by atoms with E-state index in [2.05, 4.69) is 20.8 Å². The summed E-state index contributed by atoms with van der Waals surface area (Å²) in [7, 11) is 1.53. The van der Waals surface area contributed by atoms with Crippen LogP contribution in [0.1, 0.15) is 34.3 Å². The molecule has 0 aromatic carbocycles. The number of carbonyl (C=O) groups is 3. The van der Waals surface area contributed by atoms with Crippen molar-refractivity contribution >= 4 is 23.5 Å². The van der Waals surface area contributed by atoms with Gasteiger partial charge in [0.2, 0.25) is 5.91 Å². The molecule has 11 nitrogen and oxygen atoms in total. The predicted molar refractivity (Wildman–Crippen MR) is 94.5 cm³/mol. The number of carbonyl (C=O) groups excluding carboxylic acids is 2. The minimum Gasteiger partial charge on any atom is -0.476 e. The minimum atomic E-state index is -1.13.